The van der Waals surface area contributed by atoms with E-state index < -0.39 is 0 Å². The molecule has 0 aliphatic heterocycles. The van der Waals surface area contributed by atoms with E-state index in [-0.39, 0.29) is 14.5 Å². The van der Waals surface area contributed by atoms with Crippen LogP contribution in [0.4, 0.5) is 5.69 Å². The lowest BCUT2D eigenvalue weighted by Gasteiger charge is -2.12. The molecular formula is C23H18ClIN2O. The quantitative estimate of drug-likeness (QED) is 0.201. The molecule has 0 atom stereocenters. The summed E-state index contributed by atoms with van der Waals surface area (Å²) in [5.74, 6) is 6.11. The summed E-state index contributed by atoms with van der Waals surface area (Å²) in [6.07, 6.45) is 1.55. The molecule has 0 aliphatic rings. The summed E-state index contributed by atoms with van der Waals surface area (Å²) in [5.41, 5.74) is 3.92. The van der Waals surface area contributed by atoms with E-state index >= 15 is 0 Å². The average molecular weight is 501 g/mol. The topological polar surface area (TPSA) is 42.0 Å². The van der Waals surface area contributed by atoms with Crippen LogP contribution in [0.25, 0.3) is 11.1 Å². The predicted octanol–water partition coefficient (Wildman–Crippen LogP) is 6.22. The summed E-state index contributed by atoms with van der Waals surface area (Å²) in [6.45, 7) is 4.14. The summed E-state index contributed by atoms with van der Waals surface area (Å²) in [7, 11) is 0. The number of benzene rings is 2. The normalized spacial score (nSPS) is 10.7. The fourth-order valence-electron chi connectivity index (χ4n) is 2.54. The number of anilines is 1. The standard InChI is InChI=1S/C23H18ClIN2O/c1-23(2,25)14-13-16-9-11-17(12-10-16)18-6-3-4-8-20(18)27-22(28)19-7-5-15-26-21(19)24/h3-12,15H,1-2H3,(H,27,28). The van der Waals surface area contributed by atoms with E-state index in [4.69, 9.17) is 11.6 Å². The zero-order valence-corrected chi connectivity index (χ0v) is 18.4. The second-order valence-corrected chi connectivity index (χ2v) is 9.70. The Balaban J connectivity index is 1.87. The van der Waals surface area contributed by atoms with Gasteiger partial charge in [-0.2, -0.15) is 0 Å². The number of nitrogens with one attached hydrogen (secondary N) is 1. The first-order valence-electron chi connectivity index (χ1n) is 8.67. The molecule has 0 saturated carbocycles. The lowest BCUT2D eigenvalue weighted by atomic mass is 10.0. The van der Waals surface area contributed by atoms with Crippen LogP contribution >= 0.6 is 34.2 Å². The van der Waals surface area contributed by atoms with Gasteiger partial charge in [0.2, 0.25) is 0 Å². The molecule has 28 heavy (non-hydrogen) atoms. The highest BCUT2D eigenvalue weighted by molar-refractivity contribution is 14.1. The highest BCUT2D eigenvalue weighted by atomic mass is 127. The van der Waals surface area contributed by atoms with Crippen molar-refractivity contribution in [2.45, 2.75) is 17.3 Å². The van der Waals surface area contributed by atoms with Crippen LogP contribution in [0.1, 0.15) is 29.8 Å². The van der Waals surface area contributed by atoms with E-state index in [9.17, 15) is 4.79 Å². The van der Waals surface area contributed by atoms with Crippen LogP contribution in [-0.4, -0.2) is 14.3 Å². The van der Waals surface area contributed by atoms with Crippen LogP contribution in [0.5, 0.6) is 0 Å². The number of aromatic nitrogens is 1. The molecule has 0 bridgehead atoms. The van der Waals surface area contributed by atoms with Crippen molar-refractivity contribution < 1.29 is 4.79 Å². The van der Waals surface area contributed by atoms with Crippen LogP contribution < -0.4 is 5.32 Å². The van der Waals surface area contributed by atoms with Crippen LogP contribution in [0.2, 0.25) is 5.15 Å². The number of carbonyl (C=O) groups is 1. The molecular weight excluding hydrogens is 483 g/mol. The number of pyridine rings is 1. The van der Waals surface area contributed by atoms with E-state index in [2.05, 4.69) is 58.6 Å². The van der Waals surface area contributed by atoms with E-state index in [1.807, 2.05) is 48.5 Å². The minimum Gasteiger partial charge on any atom is -0.321 e. The summed E-state index contributed by atoms with van der Waals surface area (Å²) in [4.78, 5) is 16.6. The summed E-state index contributed by atoms with van der Waals surface area (Å²) < 4.78 is -0.0686. The summed E-state index contributed by atoms with van der Waals surface area (Å²) in [5, 5.41) is 3.11. The number of hydrogen-bond acceptors (Lipinski definition) is 2. The van der Waals surface area contributed by atoms with E-state index in [0.29, 0.717) is 11.3 Å². The maximum absolute atomic E-state index is 12.6. The highest BCUT2D eigenvalue weighted by Crippen LogP contribution is 2.29. The zero-order chi connectivity index (χ0) is 20.1. The lowest BCUT2D eigenvalue weighted by molar-refractivity contribution is 0.102. The molecule has 3 nitrogen and oxygen atoms in total. The van der Waals surface area contributed by atoms with Crippen molar-refractivity contribution in [2.75, 3.05) is 5.32 Å². The second kappa shape index (κ2) is 8.76. The third kappa shape index (κ3) is 5.34. The van der Waals surface area contributed by atoms with Crippen molar-refractivity contribution in [2.24, 2.45) is 0 Å². The molecule has 2 aromatic carbocycles. The number of rotatable bonds is 3. The van der Waals surface area contributed by atoms with Gasteiger partial charge in [-0.25, -0.2) is 4.98 Å². The van der Waals surface area contributed by atoms with Gasteiger partial charge >= 0.3 is 0 Å². The molecule has 140 valence electrons. The van der Waals surface area contributed by atoms with Gasteiger partial charge < -0.3 is 5.32 Å². The Morgan fingerprint density at radius 1 is 1.07 bits per heavy atom. The molecule has 0 fully saturated rings. The third-order valence-electron chi connectivity index (χ3n) is 3.88. The van der Waals surface area contributed by atoms with Crippen molar-refractivity contribution in [1.82, 2.24) is 4.98 Å². The van der Waals surface area contributed by atoms with Crippen LogP contribution in [0.3, 0.4) is 0 Å². The van der Waals surface area contributed by atoms with Gasteiger partial charge in [-0.1, -0.05) is 76.4 Å². The van der Waals surface area contributed by atoms with Gasteiger partial charge in [0.15, 0.2) is 0 Å². The molecule has 1 amide bonds. The number of carbonyl (C=O) groups excluding carboxylic acids is 1. The summed E-state index contributed by atoms with van der Waals surface area (Å²) >= 11 is 8.35. The Kier molecular flexibility index (Phi) is 6.38. The monoisotopic (exact) mass is 500 g/mol. The molecule has 0 radical (unpaired) electrons. The van der Waals surface area contributed by atoms with Crippen molar-refractivity contribution in [1.29, 1.82) is 0 Å². The van der Waals surface area contributed by atoms with E-state index in [1.165, 1.54) is 0 Å². The van der Waals surface area contributed by atoms with Gasteiger partial charge in [-0.05, 0) is 49.7 Å². The van der Waals surface area contributed by atoms with Gasteiger partial charge in [-0.15, -0.1) is 0 Å². The van der Waals surface area contributed by atoms with E-state index in [0.717, 1.165) is 16.7 Å². The molecule has 3 aromatic rings. The fourth-order valence-corrected chi connectivity index (χ4v) is 2.88. The minimum absolute atomic E-state index is 0.0686. The molecule has 0 saturated heterocycles. The maximum Gasteiger partial charge on any atom is 0.258 e. The molecule has 1 aromatic heterocycles. The molecule has 1 heterocycles. The minimum atomic E-state index is -0.294. The van der Waals surface area contributed by atoms with Gasteiger partial charge in [0, 0.05) is 23.0 Å². The Bertz CT molecular complexity index is 1060. The zero-order valence-electron chi connectivity index (χ0n) is 15.5. The smallest absolute Gasteiger partial charge is 0.258 e. The largest absolute Gasteiger partial charge is 0.321 e. The first-order chi connectivity index (χ1) is 13.3. The van der Waals surface area contributed by atoms with Crippen molar-refractivity contribution in [3.8, 4) is 23.0 Å². The second-order valence-electron chi connectivity index (χ2n) is 6.64. The highest BCUT2D eigenvalue weighted by Gasteiger charge is 2.13. The molecule has 0 spiro atoms. The Hall–Kier alpha value is -2.36. The molecule has 1 N–H and O–H groups in total. The Morgan fingerprint density at radius 2 is 1.79 bits per heavy atom. The van der Waals surface area contributed by atoms with Gasteiger partial charge in [-0.3, -0.25) is 4.79 Å². The Labute approximate surface area is 183 Å². The number of nitrogens with zero attached hydrogens (tertiary/aromatic N) is 1. The first kappa shape index (κ1) is 20.4. The maximum atomic E-state index is 12.6. The van der Waals surface area contributed by atoms with Crippen LogP contribution in [0.15, 0.2) is 66.9 Å². The van der Waals surface area contributed by atoms with Gasteiger partial charge in [0.05, 0.1) is 8.99 Å². The number of para-hydroxylation sites is 1. The van der Waals surface area contributed by atoms with Crippen LogP contribution in [-0.2, 0) is 0 Å². The van der Waals surface area contributed by atoms with Crippen molar-refractivity contribution in [3.05, 3.63) is 83.1 Å². The van der Waals surface area contributed by atoms with Crippen molar-refractivity contribution in [3.63, 3.8) is 0 Å². The third-order valence-corrected chi connectivity index (χ3v) is 4.45. The SMILES string of the molecule is CC(C)(I)C#Cc1ccc(-c2ccccc2NC(=O)c2cccnc2Cl)cc1. The molecule has 0 unspecified atom stereocenters. The Morgan fingerprint density at radius 3 is 2.46 bits per heavy atom. The number of amides is 1. The average Bonchev–Trinajstić information content (AvgIpc) is 2.67. The number of halogens is 2. The molecule has 5 heteroatoms. The molecule has 0 aliphatic carbocycles. The van der Waals surface area contributed by atoms with E-state index in [1.54, 1.807) is 18.3 Å². The molecule has 3 rings (SSSR count). The van der Waals surface area contributed by atoms with Gasteiger partial charge in [0.25, 0.3) is 5.91 Å². The summed E-state index contributed by atoms with van der Waals surface area (Å²) in [6, 6.07) is 19.0. The lowest BCUT2D eigenvalue weighted by Crippen LogP contribution is -2.13. The van der Waals surface area contributed by atoms with Crippen molar-refractivity contribution >= 4 is 45.8 Å². The van der Waals surface area contributed by atoms with Crippen LogP contribution in [0, 0.1) is 11.8 Å². The predicted molar refractivity (Wildman–Crippen MR) is 124 cm³/mol. The number of alkyl halides is 1. The first-order valence-corrected chi connectivity index (χ1v) is 10.1. The fraction of sp³-hybridized carbons (Fsp3) is 0.130. The van der Waals surface area contributed by atoms with Gasteiger partial charge in [0.1, 0.15) is 5.15 Å². The number of hydrogen-bond donors (Lipinski definition) is 1.